The Bertz CT molecular complexity index is 618. The first-order chi connectivity index (χ1) is 9.77. The molecule has 4 nitrogen and oxygen atoms in total. The van der Waals surface area contributed by atoms with Crippen LogP contribution in [0.15, 0.2) is 43.0 Å². The summed E-state index contributed by atoms with van der Waals surface area (Å²) in [5.74, 6) is -0.0308. The lowest BCUT2D eigenvalue weighted by Crippen LogP contribution is -2.30. The summed E-state index contributed by atoms with van der Waals surface area (Å²) in [6.45, 7) is 0.754. The largest absolute Gasteiger partial charge is 0.332 e. The van der Waals surface area contributed by atoms with Gasteiger partial charge in [0.05, 0.1) is 16.6 Å². The molecule has 1 saturated heterocycles. The first-order valence-electron chi connectivity index (χ1n) is 6.58. The second kappa shape index (κ2) is 5.59. The van der Waals surface area contributed by atoms with E-state index >= 15 is 0 Å². The van der Waals surface area contributed by atoms with Crippen LogP contribution in [0, 0.1) is 0 Å². The third-order valence-corrected chi connectivity index (χ3v) is 3.91. The summed E-state index contributed by atoms with van der Waals surface area (Å²) in [6.07, 6.45) is 8.59. The molecule has 3 rings (SSSR count). The van der Waals surface area contributed by atoms with Gasteiger partial charge in [0.1, 0.15) is 0 Å². The first kappa shape index (κ1) is 13.1. The van der Waals surface area contributed by atoms with E-state index in [1.807, 2.05) is 17.0 Å². The number of amides is 1. The zero-order valence-electron chi connectivity index (χ0n) is 10.9. The molecular formula is C15H14ClN3O. The van der Waals surface area contributed by atoms with Crippen LogP contribution in [-0.2, 0) is 0 Å². The SMILES string of the molecule is O=C(c1ccncc1Cl)N1CCCC1c1ccncc1. The molecule has 1 atom stereocenters. The fourth-order valence-electron chi connectivity index (χ4n) is 2.65. The molecule has 1 aliphatic heterocycles. The number of carbonyl (C=O) groups is 1. The molecule has 0 aromatic carbocycles. The Morgan fingerprint density at radius 1 is 1.20 bits per heavy atom. The van der Waals surface area contributed by atoms with Crippen LogP contribution in [0.2, 0.25) is 5.02 Å². The summed E-state index contributed by atoms with van der Waals surface area (Å²) in [5.41, 5.74) is 1.64. The van der Waals surface area contributed by atoms with E-state index in [-0.39, 0.29) is 11.9 Å². The fraction of sp³-hybridized carbons (Fsp3) is 0.267. The topological polar surface area (TPSA) is 46.1 Å². The van der Waals surface area contributed by atoms with Gasteiger partial charge in [-0.25, -0.2) is 0 Å². The number of carbonyl (C=O) groups excluding carboxylic acids is 1. The molecule has 0 aliphatic carbocycles. The summed E-state index contributed by atoms with van der Waals surface area (Å²) in [6, 6.07) is 5.70. The molecule has 0 saturated carbocycles. The van der Waals surface area contributed by atoms with E-state index in [2.05, 4.69) is 9.97 Å². The van der Waals surface area contributed by atoms with Gasteiger partial charge < -0.3 is 4.90 Å². The maximum absolute atomic E-state index is 12.6. The maximum atomic E-state index is 12.6. The lowest BCUT2D eigenvalue weighted by atomic mass is 10.1. The van der Waals surface area contributed by atoms with Gasteiger partial charge in [-0.05, 0) is 36.6 Å². The molecule has 1 unspecified atom stereocenters. The van der Waals surface area contributed by atoms with Gasteiger partial charge in [-0.1, -0.05) is 11.6 Å². The average Bonchev–Trinajstić information content (AvgIpc) is 2.97. The highest BCUT2D eigenvalue weighted by Gasteiger charge is 2.31. The van der Waals surface area contributed by atoms with Gasteiger partial charge in [-0.3, -0.25) is 14.8 Å². The van der Waals surface area contributed by atoms with Crippen molar-refractivity contribution in [2.75, 3.05) is 6.54 Å². The lowest BCUT2D eigenvalue weighted by Gasteiger charge is -2.25. The molecule has 102 valence electrons. The van der Waals surface area contributed by atoms with E-state index in [1.165, 1.54) is 6.20 Å². The van der Waals surface area contributed by atoms with Gasteiger partial charge >= 0.3 is 0 Å². The third kappa shape index (κ3) is 2.39. The van der Waals surface area contributed by atoms with Gasteiger partial charge in [0.15, 0.2) is 0 Å². The maximum Gasteiger partial charge on any atom is 0.255 e. The quantitative estimate of drug-likeness (QED) is 0.852. The standard InChI is InChI=1S/C15H14ClN3O/c16-13-10-18-8-5-12(13)15(20)19-9-1-2-14(19)11-3-6-17-7-4-11/h3-8,10,14H,1-2,9H2. The van der Waals surface area contributed by atoms with Gasteiger partial charge in [-0.15, -0.1) is 0 Å². The van der Waals surface area contributed by atoms with Crippen LogP contribution in [0.3, 0.4) is 0 Å². The van der Waals surface area contributed by atoms with Crippen molar-refractivity contribution >= 4 is 17.5 Å². The fourth-order valence-corrected chi connectivity index (χ4v) is 2.85. The molecule has 1 fully saturated rings. The molecule has 2 aromatic rings. The van der Waals surface area contributed by atoms with Crippen molar-refractivity contribution in [1.29, 1.82) is 0 Å². The number of hydrogen-bond donors (Lipinski definition) is 0. The average molecular weight is 288 g/mol. The number of halogens is 1. The zero-order valence-corrected chi connectivity index (χ0v) is 11.6. The Labute approximate surface area is 122 Å². The molecule has 3 heterocycles. The van der Waals surface area contributed by atoms with E-state index in [1.54, 1.807) is 24.7 Å². The molecule has 0 bridgehead atoms. The first-order valence-corrected chi connectivity index (χ1v) is 6.95. The van der Waals surface area contributed by atoms with Crippen LogP contribution in [0.5, 0.6) is 0 Å². The molecule has 1 aliphatic rings. The summed E-state index contributed by atoms with van der Waals surface area (Å²) in [4.78, 5) is 22.5. The number of likely N-dealkylation sites (tertiary alicyclic amines) is 1. The van der Waals surface area contributed by atoms with E-state index in [9.17, 15) is 4.79 Å². The molecule has 5 heteroatoms. The van der Waals surface area contributed by atoms with E-state index in [0.717, 1.165) is 24.9 Å². The Kier molecular flexibility index (Phi) is 3.65. The summed E-state index contributed by atoms with van der Waals surface area (Å²) in [7, 11) is 0. The van der Waals surface area contributed by atoms with Crippen molar-refractivity contribution in [3.8, 4) is 0 Å². The minimum absolute atomic E-state index is 0.0308. The van der Waals surface area contributed by atoms with Crippen molar-refractivity contribution in [2.24, 2.45) is 0 Å². The summed E-state index contributed by atoms with van der Waals surface area (Å²) in [5, 5.41) is 0.401. The molecule has 0 radical (unpaired) electrons. The summed E-state index contributed by atoms with van der Waals surface area (Å²) >= 11 is 6.07. The Balaban J connectivity index is 1.90. The second-order valence-electron chi connectivity index (χ2n) is 4.79. The molecule has 20 heavy (non-hydrogen) atoms. The smallest absolute Gasteiger partial charge is 0.255 e. The van der Waals surface area contributed by atoms with Crippen molar-refractivity contribution in [2.45, 2.75) is 18.9 Å². The minimum Gasteiger partial charge on any atom is -0.332 e. The predicted octanol–water partition coefficient (Wildman–Crippen LogP) is 3.11. The van der Waals surface area contributed by atoms with Crippen molar-refractivity contribution < 1.29 is 4.79 Å². The highest BCUT2D eigenvalue weighted by atomic mass is 35.5. The zero-order chi connectivity index (χ0) is 13.9. The van der Waals surface area contributed by atoms with E-state index < -0.39 is 0 Å². The molecule has 1 amide bonds. The highest BCUT2D eigenvalue weighted by Crippen LogP contribution is 2.33. The number of rotatable bonds is 2. The number of hydrogen-bond acceptors (Lipinski definition) is 3. The van der Waals surface area contributed by atoms with Crippen LogP contribution in [0.4, 0.5) is 0 Å². The second-order valence-corrected chi connectivity index (χ2v) is 5.20. The van der Waals surface area contributed by atoms with Gasteiger partial charge in [0, 0.05) is 31.3 Å². The predicted molar refractivity (Wildman–Crippen MR) is 76.5 cm³/mol. The normalized spacial score (nSPS) is 18.2. The van der Waals surface area contributed by atoms with Crippen LogP contribution in [-0.4, -0.2) is 27.3 Å². The Morgan fingerprint density at radius 3 is 2.70 bits per heavy atom. The number of pyridine rings is 2. The summed E-state index contributed by atoms with van der Waals surface area (Å²) < 4.78 is 0. The Morgan fingerprint density at radius 2 is 1.95 bits per heavy atom. The van der Waals surface area contributed by atoms with E-state index in [4.69, 9.17) is 11.6 Å². The lowest BCUT2D eigenvalue weighted by molar-refractivity contribution is 0.0735. The minimum atomic E-state index is -0.0308. The van der Waals surface area contributed by atoms with Crippen molar-refractivity contribution in [3.05, 3.63) is 59.1 Å². The van der Waals surface area contributed by atoms with Gasteiger partial charge in [-0.2, -0.15) is 0 Å². The molecule has 2 aromatic heterocycles. The third-order valence-electron chi connectivity index (χ3n) is 3.61. The van der Waals surface area contributed by atoms with Crippen molar-refractivity contribution in [1.82, 2.24) is 14.9 Å². The van der Waals surface area contributed by atoms with E-state index in [0.29, 0.717) is 10.6 Å². The van der Waals surface area contributed by atoms with Crippen LogP contribution < -0.4 is 0 Å². The molecule has 0 spiro atoms. The highest BCUT2D eigenvalue weighted by molar-refractivity contribution is 6.33. The van der Waals surface area contributed by atoms with Crippen molar-refractivity contribution in [3.63, 3.8) is 0 Å². The van der Waals surface area contributed by atoms with Crippen LogP contribution in [0.1, 0.15) is 34.8 Å². The van der Waals surface area contributed by atoms with Gasteiger partial charge in [0.2, 0.25) is 0 Å². The number of nitrogens with zero attached hydrogens (tertiary/aromatic N) is 3. The molecular weight excluding hydrogens is 274 g/mol. The van der Waals surface area contributed by atoms with Gasteiger partial charge in [0.25, 0.3) is 5.91 Å². The Hall–Kier alpha value is -1.94. The molecule has 0 N–H and O–H groups in total. The van der Waals surface area contributed by atoms with Crippen LogP contribution in [0.25, 0.3) is 0 Å². The van der Waals surface area contributed by atoms with Crippen LogP contribution >= 0.6 is 11.6 Å². The number of aromatic nitrogens is 2. The monoisotopic (exact) mass is 287 g/mol.